The molecule has 1 N–H and O–H groups in total. The topological polar surface area (TPSA) is 92.0 Å². The lowest BCUT2D eigenvalue weighted by molar-refractivity contribution is -0.119. The summed E-state index contributed by atoms with van der Waals surface area (Å²) in [4.78, 5) is 12.5. The zero-order chi connectivity index (χ0) is 21.7. The quantitative estimate of drug-likeness (QED) is 0.345. The Balaban J connectivity index is 1.82. The highest BCUT2D eigenvalue weighted by atomic mass is 79.9. The zero-order valence-corrected chi connectivity index (χ0v) is 19.7. The summed E-state index contributed by atoms with van der Waals surface area (Å²) in [6, 6.07) is 16.3. The van der Waals surface area contributed by atoms with E-state index in [1.165, 1.54) is 18.3 Å². The van der Waals surface area contributed by atoms with Crippen LogP contribution in [-0.2, 0) is 14.8 Å². The van der Waals surface area contributed by atoms with Crippen molar-refractivity contribution in [1.82, 2.24) is 5.43 Å². The maximum Gasteiger partial charge on any atom is 0.264 e. The lowest BCUT2D eigenvalue weighted by Gasteiger charge is -2.23. The molecule has 156 valence electrons. The Labute approximate surface area is 191 Å². The molecule has 0 saturated heterocycles. The van der Waals surface area contributed by atoms with Crippen LogP contribution in [0, 0.1) is 6.92 Å². The van der Waals surface area contributed by atoms with E-state index in [-0.39, 0.29) is 4.90 Å². The van der Waals surface area contributed by atoms with Gasteiger partial charge in [-0.1, -0.05) is 34.1 Å². The van der Waals surface area contributed by atoms with Crippen LogP contribution < -0.4 is 9.73 Å². The molecule has 3 rings (SSSR count). The zero-order valence-electron chi connectivity index (χ0n) is 15.7. The number of amides is 1. The number of nitrogens with one attached hydrogen (secondary N) is 1. The summed E-state index contributed by atoms with van der Waals surface area (Å²) in [6.45, 7) is 1.33. The van der Waals surface area contributed by atoms with Gasteiger partial charge in [0.1, 0.15) is 18.1 Å². The second-order valence-corrected chi connectivity index (χ2v) is 9.78. The van der Waals surface area contributed by atoms with Gasteiger partial charge in [-0.2, -0.15) is 5.10 Å². The van der Waals surface area contributed by atoms with E-state index in [1.54, 1.807) is 55.5 Å². The van der Waals surface area contributed by atoms with Gasteiger partial charge < -0.3 is 4.42 Å². The number of halogens is 2. The van der Waals surface area contributed by atoms with Crippen LogP contribution in [0.25, 0.3) is 0 Å². The van der Waals surface area contributed by atoms with E-state index in [0.29, 0.717) is 17.2 Å². The van der Waals surface area contributed by atoms with Crippen LogP contribution >= 0.6 is 31.9 Å². The summed E-state index contributed by atoms with van der Waals surface area (Å²) in [6.07, 6.45) is 1.34. The molecular formula is C20H17Br2N3O4S. The first-order valence-electron chi connectivity index (χ1n) is 8.68. The molecule has 0 aliphatic carbocycles. The van der Waals surface area contributed by atoms with E-state index in [0.717, 1.165) is 13.3 Å². The third-order valence-electron chi connectivity index (χ3n) is 3.99. The third kappa shape index (κ3) is 5.38. The van der Waals surface area contributed by atoms with Gasteiger partial charge in [-0.3, -0.25) is 9.10 Å². The van der Waals surface area contributed by atoms with Gasteiger partial charge in [0, 0.05) is 10.5 Å². The van der Waals surface area contributed by atoms with E-state index in [1.807, 2.05) is 0 Å². The lowest BCUT2D eigenvalue weighted by Crippen LogP contribution is -2.39. The van der Waals surface area contributed by atoms with Crippen molar-refractivity contribution in [2.24, 2.45) is 5.10 Å². The molecule has 1 aromatic heterocycles. The summed E-state index contributed by atoms with van der Waals surface area (Å²) in [5.41, 5.74) is 2.69. The van der Waals surface area contributed by atoms with E-state index in [9.17, 15) is 13.2 Å². The number of sulfonamides is 1. The first kappa shape index (κ1) is 22.3. The predicted molar refractivity (Wildman–Crippen MR) is 122 cm³/mol. The molecule has 0 atom stereocenters. The smallest absolute Gasteiger partial charge is 0.264 e. The summed E-state index contributed by atoms with van der Waals surface area (Å²) in [7, 11) is -3.96. The number of aryl methyl sites for hydroxylation is 1. The number of furan rings is 1. The average molecular weight is 555 g/mol. The Morgan fingerprint density at radius 1 is 1.13 bits per heavy atom. The Morgan fingerprint density at radius 3 is 2.40 bits per heavy atom. The van der Waals surface area contributed by atoms with Gasteiger partial charge in [0.25, 0.3) is 15.9 Å². The third-order valence-corrected chi connectivity index (χ3v) is 7.09. The fourth-order valence-corrected chi connectivity index (χ4v) is 4.53. The van der Waals surface area contributed by atoms with Crippen LogP contribution in [0.5, 0.6) is 0 Å². The van der Waals surface area contributed by atoms with Gasteiger partial charge in [0.2, 0.25) is 0 Å². The molecule has 0 bridgehead atoms. The van der Waals surface area contributed by atoms with Gasteiger partial charge in [-0.05, 0) is 59.3 Å². The van der Waals surface area contributed by atoms with E-state index >= 15 is 0 Å². The number of rotatable bonds is 7. The number of carbonyl (C=O) groups excluding carboxylic acids is 1. The largest absolute Gasteiger partial charge is 0.459 e. The molecule has 0 unspecified atom stereocenters. The Bertz CT molecular complexity index is 1140. The molecule has 0 aliphatic heterocycles. The van der Waals surface area contributed by atoms with Crippen molar-refractivity contribution in [2.45, 2.75) is 11.8 Å². The minimum Gasteiger partial charge on any atom is -0.459 e. The van der Waals surface area contributed by atoms with Crippen molar-refractivity contribution in [3.8, 4) is 0 Å². The molecule has 0 fully saturated rings. The number of hydrogen-bond donors (Lipinski definition) is 1. The van der Waals surface area contributed by atoms with Crippen LogP contribution in [0.1, 0.15) is 11.5 Å². The Kier molecular flexibility index (Phi) is 7.11. The van der Waals surface area contributed by atoms with E-state index < -0.39 is 22.5 Å². The number of anilines is 1. The summed E-state index contributed by atoms with van der Waals surface area (Å²) < 4.78 is 34.3. The van der Waals surface area contributed by atoms with Crippen LogP contribution in [0.15, 0.2) is 84.0 Å². The molecule has 7 nitrogen and oxygen atoms in total. The molecular weight excluding hydrogens is 538 g/mol. The number of benzene rings is 2. The molecule has 10 heteroatoms. The van der Waals surface area contributed by atoms with Gasteiger partial charge in [-0.15, -0.1) is 0 Å². The lowest BCUT2D eigenvalue weighted by atomic mass is 10.3. The fraction of sp³-hybridized carbons (Fsp3) is 0.100. The predicted octanol–water partition coefficient (Wildman–Crippen LogP) is 4.46. The Hall–Kier alpha value is -2.43. The molecule has 0 saturated carbocycles. The van der Waals surface area contributed by atoms with Crippen LogP contribution in [0.4, 0.5) is 5.69 Å². The average Bonchev–Trinajstić information content (AvgIpc) is 3.05. The van der Waals surface area contributed by atoms with Crippen molar-refractivity contribution in [2.75, 3.05) is 10.8 Å². The molecule has 1 heterocycles. The molecule has 1 amide bonds. The summed E-state index contributed by atoms with van der Waals surface area (Å²) in [5.74, 6) is 0.524. The van der Waals surface area contributed by atoms with E-state index in [2.05, 4.69) is 42.4 Å². The first-order valence-corrected chi connectivity index (χ1v) is 11.7. The summed E-state index contributed by atoms with van der Waals surface area (Å²) >= 11 is 6.65. The minimum absolute atomic E-state index is 0.0835. The number of hydrazone groups is 1. The number of hydrogen-bond acceptors (Lipinski definition) is 5. The standard InChI is InChI=1S/C20H17Br2N3O4S/c1-14-19(22)11-17(29-14)12-23-24-20(26)13-25(16-9-7-15(21)8-10-16)30(27,28)18-5-3-2-4-6-18/h2-12H,13H2,1H3,(H,24,26)/b23-12+. The van der Waals surface area contributed by atoms with Crippen molar-refractivity contribution >= 4 is 59.7 Å². The van der Waals surface area contributed by atoms with Gasteiger partial charge >= 0.3 is 0 Å². The maximum atomic E-state index is 13.2. The highest BCUT2D eigenvalue weighted by Gasteiger charge is 2.27. The fourth-order valence-electron chi connectivity index (χ4n) is 2.52. The monoisotopic (exact) mass is 553 g/mol. The van der Waals surface area contributed by atoms with Crippen LogP contribution in [0.2, 0.25) is 0 Å². The molecule has 0 spiro atoms. The van der Waals surface area contributed by atoms with Crippen molar-refractivity contribution in [1.29, 1.82) is 0 Å². The van der Waals surface area contributed by atoms with Crippen molar-refractivity contribution in [3.05, 3.63) is 81.1 Å². The SMILES string of the molecule is Cc1oc(/C=N/NC(=O)CN(c2ccc(Br)cc2)S(=O)(=O)c2ccccc2)cc1Br. The number of carbonyl (C=O) groups is 1. The van der Waals surface area contributed by atoms with Crippen LogP contribution in [-0.4, -0.2) is 27.1 Å². The molecule has 0 aliphatic rings. The molecule has 30 heavy (non-hydrogen) atoms. The van der Waals surface area contributed by atoms with Gasteiger partial charge in [0.05, 0.1) is 21.3 Å². The van der Waals surface area contributed by atoms with E-state index in [4.69, 9.17) is 4.42 Å². The number of nitrogens with zero attached hydrogens (tertiary/aromatic N) is 2. The minimum atomic E-state index is -3.96. The highest BCUT2D eigenvalue weighted by molar-refractivity contribution is 9.10. The van der Waals surface area contributed by atoms with Crippen LogP contribution in [0.3, 0.4) is 0 Å². The molecule has 2 aromatic carbocycles. The highest BCUT2D eigenvalue weighted by Crippen LogP contribution is 2.25. The first-order chi connectivity index (χ1) is 14.3. The molecule has 3 aromatic rings. The normalized spacial score (nSPS) is 11.6. The van der Waals surface area contributed by atoms with Crippen molar-refractivity contribution < 1.29 is 17.6 Å². The molecule has 0 radical (unpaired) electrons. The van der Waals surface area contributed by atoms with Gasteiger partial charge in [0.15, 0.2) is 0 Å². The second kappa shape index (κ2) is 9.59. The van der Waals surface area contributed by atoms with Crippen molar-refractivity contribution in [3.63, 3.8) is 0 Å². The summed E-state index contributed by atoms with van der Waals surface area (Å²) in [5, 5.41) is 3.84. The maximum absolute atomic E-state index is 13.2. The second-order valence-electron chi connectivity index (χ2n) is 6.15. The van der Waals surface area contributed by atoms with Gasteiger partial charge in [-0.25, -0.2) is 13.8 Å². The Morgan fingerprint density at radius 2 is 1.80 bits per heavy atom.